The Labute approximate surface area is 204 Å². The van der Waals surface area contributed by atoms with Crippen LogP contribution in [0.4, 0.5) is 0 Å². The van der Waals surface area contributed by atoms with E-state index in [1.807, 2.05) is 0 Å². The van der Waals surface area contributed by atoms with Crippen molar-refractivity contribution in [3.63, 3.8) is 0 Å². The molecule has 0 saturated heterocycles. The summed E-state index contributed by atoms with van der Waals surface area (Å²) in [4.78, 5) is 74.5. The van der Waals surface area contributed by atoms with Gasteiger partial charge in [0, 0.05) is 29.9 Å². The van der Waals surface area contributed by atoms with Crippen molar-refractivity contribution in [3.8, 4) is 0 Å². The Balaban J connectivity index is 2.18. The third-order valence-corrected chi connectivity index (χ3v) is 5.24. The molecule has 1 aromatic heterocycles. The van der Waals surface area contributed by atoms with E-state index in [2.05, 4.69) is 20.9 Å². The molecule has 0 saturated carbocycles. The van der Waals surface area contributed by atoms with Gasteiger partial charge in [-0.1, -0.05) is 18.2 Å². The van der Waals surface area contributed by atoms with Gasteiger partial charge in [-0.05, 0) is 18.1 Å². The molecule has 10 N–H and O–H groups in total. The zero-order valence-corrected chi connectivity index (χ0v) is 19.2. The van der Waals surface area contributed by atoms with E-state index < -0.39 is 73.1 Å². The van der Waals surface area contributed by atoms with E-state index in [-0.39, 0.29) is 12.8 Å². The van der Waals surface area contributed by atoms with E-state index in [1.54, 1.807) is 30.5 Å². The summed E-state index contributed by atoms with van der Waals surface area (Å²) in [5.41, 5.74) is 11.8. The quantitative estimate of drug-likeness (QED) is 0.141. The number of aromatic nitrogens is 1. The Bertz CT molecular complexity index is 1150. The van der Waals surface area contributed by atoms with Crippen LogP contribution >= 0.6 is 0 Å². The second-order valence-corrected chi connectivity index (χ2v) is 7.95. The number of carboxylic acid groups (broad SMARTS) is 2. The molecule has 1 aromatic carbocycles. The van der Waals surface area contributed by atoms with E-state index in [9.17, 15) is 33.9 Å². The molecule has 2 aromatic rings. The van der Waals surface area contributed by atoms with Gasteiger partial charge in [0.25, 0.3) is 0 Å². The minimum Gasteiger partial charge on any atom is -0.481 e. The molecule has 36 heavy (non-hydrogen) atoms. The van der Waals surface area contributed by atoms with Gasteiger partial charge in [-0.3, -0.25) is 24.0 Å². The first-order valence-corrected chi connectivity index (χ1v) is 10.9. The van der Waals surface area contributed by atoms with Crippen molar-refractivity contribution in [2.24, 2.45) is 11.5 Å². The number of fused-ring (bicyclic) bond motifs is 1. The fraction of sp³-hybridized carbons (Fsp3) is 0.364. The van der Waals surface area contributed by atoms with Crippen molar-refractivity contribution < 1.29 is 39.0 Å². The highest BCUT2D eigenvalue weighted by Crippen LogP contribution is 2.19. The number of aromatic amines is 1. The van der Waals surface area contributed by atoms with E-state index in [0.29, 0.717) is 5.56 Å². The van der Waals surface area contributed by atoms with Crippen LogP contribution in [0.15, 0.2) is 30.5 Å². The van der Waals surface area contributed by atoms with E-state index in [1.165, 1.54) is 0 Å². The molecule has 4 amide bonds. The summed E-state index contributed by atoms with van der Waals surface area (Å²) in [6, 6.07) is 2.79. The van der Waals surface area contributed by atoms with Gasteiger partial charge in [0.2, 0.25) is 23.6 Å². The minimum absolute atomic E-state index is 0.101. The molecule has 2 rings (SSSR count). The molecule has 14 nitrogen and oxygen atoms in total. The minimum atomic E-state index is -1.58. The number of aliphatic carboxylic acids is 2. The van der Waals surface area contributed by atoms with Gasteiger partial charge in [0.05, 0.1) is 13.0 Å². The maximum absolute atomic E-state index is 12.9. The number of nitrogens with one attached hydrogen (secondary N) is 4. The lowest BCUT2D eigenvalue weighted by Gasteiger charge is -2.23. The number of primary amides is 1. The van der Waals surface area contributed by atoms with Gasteiger partial charge in [-0.25, -0.2) is 4.79 Å². The fourth-order valence-corrected chi connectivity index (χ4v) is 3.47. The van der Waals surface area contributed by atoms with Crippen molar-refractivity contribution in [1.29, 1.82) is 0 Å². The second-order valence-electron chi connectivity index (χ2n) is 7.95. The van der Waals surface area contributed by atoms with Crippen molar-refractivity contribution in [3.05, 3.63) is 36.0 Å². The molecule has 1 heterocycles. The number of carboxylic acids is 2. The number of para-hydroxylation sites is 1. The first-order valence-electron chi connectivity index (χ1n) is 10.9. The molecule has 0 aliphatic rings. The van der Waals surface area contributed by atoms with Crippen LogP contribution in [-0.2, 0) is 35.2 Å². The van der Waals surface area contributed by atoms with Crippen LogP contribution < -0.4 is 27.4 Å². The van der Waals surface area contributed by atoms with Crippen molar-refractivity contribution in [1.82, 2.24) is 20.9 Å². The monoisotopic (exact) mass is 504 g/mol. The van der Waals surface area contributed by atoms with Crippen LogP contribution in [0.5, 0.6) is 0 Å². The molecule has 0 spiro atoms. The Hall–Kier alpha value is -4.46. The zero-order chi connectivity index (χ0) is 26.8. The predicted molar refractivity (Wildman–Crippen MR) is 125 cm³/mol. The van der Waals surface area contributed by atoms with Gasteiger partial charge in [0.15, 0.2) is 0 Å². The highest BCUT2D eigenvalue weighted by atomic mass is 16.4. The third-order valence-electron chi connectivity index (χ3n) is 5.24. The van der Waals surface area contributed by atoms with Gasteiger partial charge >= 0.3 is 11.9 Å². The molecule has 0 radical (unpaired) electrons. The lowest BCUT2D eigenvalue weighted by molar-refractivity contribution is -0.142. The zero-order valence-electron chi connectivity index (χ0n) is 19.2. The average Bonchev–Trinajstić information content (AvgIpc) is 3.22. The molecule has 0 aliphatic heterocycles. The number of amides is 4. The van der Waals surface area contributed by atoms with E-state index in [0.717, 1.165) is 10.9 Å². The van der Waals surface area contributed by atoms with Gasteiger partial charge in [0.1, 0.15) is 18.1 Å². The number of nitrogens with two attached hydrogens (primary N) is 2. The number of H-pyrrole nitrogens is 1. The molecule has 0 fully saturated rings. The van der Waals surface area contributed by atoms with Crippen molar-refractivity contribution in [2.75, 3.05) is 6.54 Å². The Kier molecular flexibility index (Phi) is 9.92. The number of hydrogen-bond acceptors (Lipinski definition) is 7. The highest BCUT2D eigenvalue weighted by Gasteiger charge is 2.31. The van der Waals surface area contributed by atoms with Crippen molar-refractivity contribution in [2.45, 2.75) is 43.8 Å². The molecule has 0 bridgehead atoms. The smallest absolute Gasteiger partial charge is 0.326 e. The summed E-state index contributed by atoms with van der Waals surface area (Å²) >= 11 is 0. The fourth-order valence-electron chi connectivity index (χ4n) is 3.47. The van der Waals surface area contributed by atoms with Crippen molar-refractivity contribution >= 4 is 46.5 Å². The van der Waals surface area contributed by atoms with Crippen LogP contribution in [0, 0.1) is 0 Å². The second kappa shape index (κ2) is 12.9. The number of rotatable bonds is 14. The lowest BCUT2D eigenvalue weighted by Crippen LogP contribution is -2.57. The number of carbonyl (C=O) groups excluding carboxylic acids is 4. The lowest BCUT2D eigenvalue weighted by atomic mass is 10.0. The molecule has 3 unspecified atom stereocenters. The van der Waals surface area contributed by atoms with Gasteiger partial charge in [-0.2, -0.15) is 0 Å². The molecule has 14 heteroatoms. The summed E-state index contributed by atoms with van der Waals surface area (Å²) < 4.78 is 0. The number of hydrogen-bond donors (Lipinski definition) is 8. The number of benzene rings is 1. The van der Waals surface area contributed by atoms with Crippen LogP contribution in [0.25, 0.3) is 10.9 Å². The maximum Gasteiger partial charge on any atom is 0.326 e. The maximum atomic E-state index is 12.9. The Morgan fingerprint density at radius 2 is 1.56 bits per heavy atom. The first-order chi connectivity index (χ1) is 17.0. The summed E-state index contributed by atoms with van der Waals surface area (Å²) in [6.07, 6.45) is 0.0314. The largest absolute Gasteiger partial charge is 0.481 e. The third kappa shape index (κ3) is 8.09. The van der Waals surface area contributed by atoms with Gasteiger partial charge < -0.3 is 42.6 Å². The summed E-state index contributed by atoms with van der Waals surface area (Å²) in [5, 5.41) is 26.1. The first kappa shape index (κ1) is 27.8. The summed E-state index contributed by atoms with van der Waals surface area (Å²) in [6.45, 7) is -0.476. The van der Waals surface area contributed by atoms with E-state index in [4.69, 9.17) is 16.6 Å². The Morgan fingerprint density at radius 3 is 2.17 bits per heavy atom. The molecular formula is C22H28N6O8. The normalized spacial score (nSPS) is 13.2. The molecular weight excluding hydrogens is 476 g/mol. The molecule has 3 atom stereocenters. The highest BCUT2D eigenvalue weighted by molar-refractivity contribution is 5.96. The standard InChI is InChI=1S/C22H28N6O8/c23-9-18(30)26-14(5-6-19(31)32)20(33)27-15(8-17(24)29)21(34)28-16(22(35)36)7-11-10-25-13-4-2-1-3-12(11)13/h1-4,10,14-16,25H,5-9,23H2,(H2,24,29)(H,26,30)(H,27,33)(H,28,34)(H,31,32)(H,35,36). The average molecular weight is 505 g/mol. The predicted octanol–water partition coefficient (Wildman–Crippen LogP) is -2.05. The summed E-state index contributed by atoms with van der Waals surface area (Å²) in [7, 11) is 0. The van der Waals surface area contributed by atoms with E-state index >= 15 is 0 Å². The van der Waals surface area contributed by atoms with Crippen LogP contribution in [0.1, 0.15) is 24.8 Å². The Morgan fingerprint density at radius 1 is 0.917 bits per heavy atom. The van der Waals surface area contributed by atoms with Crippen LogP contribution in [-0.4, -0.2) is 75.4 Å². The molecule has 194 valence electrons. The summed E-state index contributed by atoms with van der Waals surface area (Å²) in [5.74, 6) is -6.28. The topological polar surface area (TPSA) is 247 Å². The van der Waals surface area contributed by atoms with Crippen LogP contribution in [0.3, 0.4) is 0 Å². The molecule has 0 aliphatic carbocycles. The number of carbonyl (C=O) groups is 6. The van der Waals surface area contributed by atoms with Gasteiger partial charge in [-0.15, -0.1) is 0 Å². The van der Waals surface area contributed by atoms with Crippen LogP contribution in [0.2, 0.25) is 0 Å². The SMILES string of the molecule is NCC(=O)NC(CCC(=O)O)C(=O)NC(CC(N)=O)C(=O)NC(Cc1c[nH]c2ccccc12)C(=O)O.